The van der Waals surface area contributed by atoms with Crippen LogP contribution in [-0.2, 0) is 4.79 Å². The van der Waals surface area contributed by atoms with Crippen molar-refractivity contribution < 1.29 is 9.59 Å². The van der Waals surface area contributed by atoms with Gasteiger partial charge in [0.25, 0.3) is 5.91 Å². The maximum atomic E-state index is 12.7. The number of carbonyl (C=O) groups is 2. The van der Waals surface area contributed by atoms with E-state index in [1.165, 1.54) is 0 Å². The molecule has 3 aliphatic heterocycles. The summed E-state index contributed by atoms with van der Waals surface area (Å²) in [7, 11) is 0. The van der Waals surface area contributed by atoms with Crippen LogP contribution in [0.4, 0.5) is 0 Å². The normalized spacial score (nSPS) is 25.3. The first kappa shape index (κ1) is 14.2. The van der Waals surface area contributed by atoms with E-state index in [9.17, 15) is 9.59 Å². The van der Waals surface area contributed by atoms with Crippen molar-refractivity contribution in [2.45, 2.75) is 39.2 Å². The number of amides is 2. The van der Waals surface area contributed by atoms with Gasteiger partial charge in [-0.05, 0) is 32.3 Å². The third-order valence-electron chi connectivity index (χ3n) is 4.73. The van der Waals surface area contributed by atoms with Crippen molar-refractivity contribution in [3.05, 3.63) is 23.5 Å². The Bertz CT molecular complexity index is 551. The largest absolute Gasteiger partial charge is 0.365 e. The molecule has 1 aromatic heterocycles. The second-order valence-corrected chi connectivity index (χ2v) is 6.19. The second kappa shape index (κ2) is 5.54. The number of nitrogens with zero attached hydrogens (tertiary/aromatic N) is 2. The number of fused-ring (bicyclic) bond motifs is 4. The zero-order valence-electron chi connectivity index (χ0n) is 12.8. The number of hydrogen-bond donors (Lipinski definition) is 1. The molecule has 0 spiro atoms. The van der Waals surface area contributed by atoms with E-state index in [1.54, 1.807) is 6.20 Å². The number of rotatable bonds is 3. The van der Waals surface area contributed by atoms with Gasteiger partial charge in [-0.3, -0.25) is 9.59 Å². The number of H-pyrrole nitrogens is 1. The molecular weight excluding hydrogens is 266 g/mol. The Morgan fingerprint density at radius 3 is 2.86 bits per heavy atom. The molecule has 2 amide bonds. The number of aromatic nitrogens is 1. The summed E-state index contributed by atoms with van der Waals surface area (Å²) in [6.45, 7) is 6.06. The lowest BCUT2D eigenvalue weighted by atomic mass is 9.94. The van der Waals surface area contributed by atoms with Gasteiger partial charge in [-0.1, -0.05) is 6.92 Å². The summed E-state index contributed by atoms with van der Waals surface area (Å²) in [6.07, 6.45) is 4.70. The lowest BCUT2D eigenvalue weighted by molar-refractivity contribution is -0.139. The molecule has 0 saturated carbocycles. The maximum absolute atomic E-state index is 12.7. The molecule has 3 aliphatic rings. The number of piperidine rings is 1. The van der Waals surface area contributed by atoms with Crippen LogP contribution in [0.1, 0.15) is 42.2 Å². The van der Waals surface area contributed by atoms with Gasteiger partial charge in [0.15, 0.2) is 0 Å². The van der Waals surface area contributed by atoms with Crippen LogP contribution in [0.25, 0.3) is 0 Å². The summed E-state index contributed by atoms with van der Waals surface area (Å²) < 4.78 is 0. The van der Waals surface area contributed by atoms with Crippen molar-refractivity contribution in [2.24, 2.45) is 5.92 Å². The number of aromatic amines is 1. The molecule has 3 fully saturated rings. The molecule has 2 atom stereocenters. The minimum Gasteiger partial charge on any atom is -0.365 e. The maximum Gasteiger partial charge on any atom is 0.255 e. The van der Waals surface area contributed by atoms with E-state index in [2.05, 4.69) is 11.9 Å². The number of hydrogen-bond acceptors (Lipinski definition) is 2. The Balaban J connectivity index is 1.82. The predicted molar refractivity (Wildman–Crippen MR) is 79.9 cm³/mol. The van der Waals surface area contributed by atoms with Crippen LogP contribution in [0.15, 0.2) is 12.3 Å². The van der Waals surface area contributed by atoms with Gasteiger partial charge in [-0.25, -0.2) is 0 Å². The van der Waals surface area contributed by atoms with Gasteiger partial charge in [-0.15, -0.1) is 0 Å². The van der Waals surface area contributed by atoms with E-state index in [0.717, 1.165) is 37.1 Å². The molecule has 0 aliphatic carbocycles. The van der Waals surface area contributed by atoms with Crippen molar-refractivity contribution in [3.63, 3.8) is 0 Å². The van der Waals surface area contributed by atoms with Crippen LogP contribution >= 0.6 is 0 Å². The average molecular weight is 289 g/mol. The number of aryl methyl sites for hydroxylation is 1. The highest BCUT2D eigenvalue weighted by molar-refractivity contribution is 5.96. The number of carbonyl (C=O) groups excluding carboxylic acids is 2. The molecular formula is C16H23N3O2. The highest BCUT2D eigenvalue weighted by atomic mass is 16.2. The summed E-state index contributed by atoms with van der Waals surface area (Å²) in [4.78, 5) is 32.1. The second-order valence-electron chi connectivity index (χ2n) is 6.19. The van der Waals surface area contributed by atoms with E-state index in [-0.39, 0.29) is 23.8 Å². The molecule has 5 nitrogen and oxygen atoms in total. The third kappa shape index (κ3) is 2.45. The van der Waals surface area contributed by atoms with Gasteiger partial charge in [0, 0.05) is 37.6 Å². The topological polar surface area (TPSA) is 56.4 Å². The van der Waals surface area contributed by atoms with E-state index in [4.69, 9.17) is 0 Å². The minimum absolute atomic E-state index is 0.0153. The fourth-order valence-corrected chi connectivity index (χ4v) is 3.60. The standard InChI is InChI=1S/C16H23N3O2/c1-3-8-19-13-5-4-12(15(19)20)9-18(10-13)16(21)14-6-7-17-11(14)2/h6-7,12-13,17H,3-5,8-10H2,1-2H3/t12-,13+/m0/s1. The quantitative estimate of drug-likeness (QED) is 0.922. The monoisotopic (exact) mass is 289 g/mol. The Labute approximate surface area is 125 Å². The molecule has 4 heterocycles. The fraction of sp³-hybridized carbons (Fsp3) is 0.625. The van der Waals surface area contributed by atoms with E-state index < -0.39 is 0 Å². The minimum atomic E-state index is -0.0153. The predicted octanol–water partition coefficient (Wildman–Crippen LogP) is 1.80. The van der Waals surface area contributed by atoms with Crippen molar-refractivity contribution >= 4 is 11.8 Å². The summed E-state index contributed by atoms with van der Waals surface area (Å²) in [5.74, 6) is 0.282. The molecule has 114 valence electrons. The van der Waals surface area contributed by atoms with Crippen LogP contribution < -0.4 is 0 Å². The smallest absolute Gasteiger partial charge is 0.255 e. The average Bonchev–Trinajstić information content (AvgIpc) is 2.72. The highest BCUT2D eigenvalue weighted by Gasteiger charge is 2.41. The highest BCUT2D eigenvalue weighted by Crippen LogP contribution is 2.30. The molecule has 0 aromatic carbocycles. The molecule has 21 heavy (non-hydrogen) atoms. The molecule has 3 saturated heterocycles. The lowest BCUT2D eigenvalue weighted by Crippen LogP contribution is -2.48. The van der Waals surface area contributed by atoms with Crippen molar-refractivity contribution in [1.82, 2.24) is 14.8 Å². The van der Waals surface area contributed by atoms with Gasteiger partial charge in [-0.2, -0.15) is 0 Å². The van der Waals surface area contributed by atoms with Crippen LogP contribution in [-0.4, -0.2) is 52.3 Å². The van der Waals surface area contributed by atoms with Crippen LogP contribution in [0, 0.1) is 12.8 Å². The Morgan fingerprint density at radius 1 is 1.38 bits per heavy atom. The molecule has 5 heteroatoms. The summed E-state index contributed by atoms with van der Waals surface area (Å²) in [6, 6.07) is 2.02. The zero-order chi connectivity index (χ0) is 15.0. The van der Waals surface area contributed by atoms with Crippen LogP contribution in [0.3, 0.4) is 0 Å². The Kier molecular flexibility index (Phi) is 3.74. The molecule has 4 rings (SSSR count). The fourth-order valence-electron chi connectivity index (χ4n) is 3.60. The molecule has 2 bridgehead atoms. The van der Waals surface area contributed by atoms with Gasteiger partial charge >= 0.3 is 0 Å². The van der Waals surface area contributed by atoms with E-state index >= 15 is 0 Å². The van der Waals surface area contributed by atoms with Crippen LogP contribution in [0.2, 0.25) is 0 Å². The van der Waals surface area contributed by atoms with E-state index in [0.29, 0.717) is 13.1 Å². The SMILES string of the molecule is CCCN1C(=O)[C@H]2CC[C@@H]1CN(C(=O)c1cc[nH]c1C)C2. The molecule has 0 unspecified atom stereocenters. The van der Waals surface area contributed by atoms with Gasteiger partial charge < -0.3 is 14.8 Å². The summed E-state index contributed by atoms with van der Waals surface area (Å²) in [5.41, 5.74) is 1.62. The molecule has 0 radical (unpaired) electrons. The lowest BCUT2D eigenvalue weighted by Gasteiger charge is -2.35. The van der Waals surface area contributed by atoms with Gasteiger partial charge in [0.05, 0.1) is 11.5 Å². The van der Waals surface area contributed by atoms with Crippen molar-refractivity contribution in [1.29, 1.82) is 0 Å². The summed E-state index contributed by atoms with van der Waals surface area (Å²) in [5, 5.41) is 0. The first-order valence-corrected chi connectivity index (χ1v) is 7.85. The summed E-state index contributed by atoms with van der Waals surface area (Å²) >= 11 is 0. The Morgan fingerprint density at radius 2 is 2.19 bits per heavy atom. The Hall–Kier alpha value is -1.78. The van der Waals surface area contributed by atoms with E-state index in [1.807, 2.05) is 22.8 Å². The molecule has 1 aromatic rings. The van der Waals surface area contributed by atoms with Gasteiger partial charge in [0.2, 0.25) is 5.91 Å². The van der Waals surface area contributed by atoms with Gasteiger partial charge in [0.1, 0.15) is 0 Å². The first-order chi connectivity index (χ1) is 10.1. The van der Waals surface area contributed by atoms with Crippen molar-refractivity contribution in [3.8, 4) is 0 Å². The van der Waals surface area contributed by atoms with Crippen LogP contribution in [0.5, 0.6) is 0 Å². The first-order valence-electron chi connectivity index (χ1n) is 7.85. The van der Waals surface area contributed by atoms with Crippen molar-refractivity contribution in [2.75, 3.05) is 19.6 Å². The zero-order valence-corrected chi connectivity index (χ0v) is 12.8. The number of nitrogens with one attached hydrogen (secondary N) is 1. The molecule has 1 N–H and O–H groups in total. The third-order valence-corrected chi connectivity index (χ3v) is 4.73.